The van der Waals surface area contributed by atoms with Gasteiger partial charge in [0.15, 0.2) is 0 Å². The van der Waals surface area contributed by atoms with Crippen molar-refractivity contribution >= 4 is 17.5 Å². The third-order valence-corrected chi connectivity index (χ3v) is 4.51. The van der Waals surface area contributed by atoms with Gasteiger partial charge >= 0.3 is 0 Å². The first-order valence-corrected chi connectivity index (χ1v) is 9.60. The number of carbonyl (C=O) groups is 2. The maximum atomic E-state index is 12.7. The molecule has 3 aromatic rings. The zero-order valence-corrected chi connectivity index (χ0v) is 17.5. The second-order valence-corrected chi connectivity index (χ2v) is 7.11. The highest BCUT2D eigenvalue weighted by Crippen LogP contribution is 2.20. The molecule has 0 radical (unpaired) electrons. The van der Waals surface area contributed by atoms with Crippen LogP contribution in [0.2, 0.25) is 0 Å². The van der Waals surface area contributed by atoms with Gasteiger partial charge in [-0.15, -0.1) is 0 Å². The molecule has 0 aliphatic rings. The average molecular weight is 414 g/mol. The van der Waals surface area contributed by atoms with Gasteiger partial charge in [-0.3, -0.25) is 9.59 Å². The number of anilines is 1. The van der Waals surface area contributed by atoms with Gasteiger partial charge in [-0.1, -0.05) is 18.2 Å². The molecule has 1 aromatic heterocycles. The Kier molecular flexibility index (Phi) is 6.63. The van der Waals surface area contributed by atoms with Crippen molar-refractivity contribution in [3.05, 3.63) is 88.7 Å². The lowest BCUT2D eigenvalue weighted by atomic mass is 10.1. The number of carbonyl (C=O) groups excluding carboxylic acids is 2. The van der Waals surface area contributed by atoms with Gasteiger partial charge in [0, 0.05) is 25.8 Å². The van der Waals surface area contributed by atoms with E-state index in [4.69, 9.17) is 10.00 Å². The third kappa shape index (κ3) is 5.46. The zero-order chi connectivity index (χ0) is 22.4. The Morgan fingerprint density at radius 1 is 1.10 bits per heavy atom. The van der Waals surface area contributed by atoms with Crippen LogP contribution in [0.4, 0.5) is 5.69 Å². The van der Waals surface area contributed by atoms with Gasteiger partial charge < -0.3 is 15.0 Å². The van der Waals surface area contributed by atoms with Crippen molar-refractivity contribution in [2.45, 2.75) is 13.5 Å². The molecule has 31 heavy (non-hydrogen) atoms. The van der Waals surface area contributed by atoms with Crippen LogP contribution < -0.4 is 10.1 Å². The number of benzene rings is 2. The lowest BCUT2D eigenvalue weighted by molar-refractivity contribution is 0.0821. The number of rotatable bonds is 6. The summed E-state index contributed by atoms with van der Waals surface area (Å²) >= 11 is 0. The van der Waals surface area contributed by atoms with Crippen molar-refractivity contribution in [2.24, 2.45) is 0 Å². The van der Waals surface area contributed by atoms with E-state index >= 15 is 0 Å². The number of hydrogen-bond donors (Lipinski definition) is 1. The summed E-state index contributed by atoms with van der Waals surface area (Å²) in [7, 11) is 3.30. The maximum absolute atomic E-state index is 12.7. The van der Waals surface area contributed by atoms with Gasteiger partial charge in [0.2, 0.25) is 0 Å². The van der Waals surface area contributed by atoms with E-state index in [-0.39, 0.29) is 17.5 Å². The molecule has 3 rings (SSSR count). The van der Waals surface area contributed by atoms with E-state index in [1.807, 2.05) is 12.1 Å². The fourth-order valence-electron chi connectivity index (χ4n) is 2.91. The first kappa shape index (κ1) is 21.5. The number of nitrogens with zero attached hydrogens (tertiary/aromatic N) is 3. The number of nitrogens with one attached hydrogen (secondary N) is 1. The molecule has 7 heteroatoms. The minimum absolute atomic E-state index is 0.222. The second-order valence-electron chi connectivity index (χ2n) is 7.11. The van der Waals surface area contributed by atoms with E-state index in [1.54, 1.807) is 69.6 Å². The van der Waals surface area contributed by atoms with Crippen LogP contribution in [0.1, 0.15) is 37.7 Å². The minimum Gasteiger partial charge on any atom is -0.489 e. The molecule has 156 valence electrons. The number of aryl methyl sites for hydroxylation is 1. The quantitative estimate of drug-likeness (QED) is 0.662. The fraction of sp³-hybridized carbons (Fsp3) is 0.167. The van der Waals surface area contributed by atoms with E-state index in [9.17, 15) is 9.59 Å². The summed E-state index contributed by atoms with van der Waals surface area (Å²) in [5, 5.41) is 11.8. The maximum Gasteiger partial charge on any atom is 0.271 e. The van der Waals surface area contributed by atoms with E-state index in [0.717, 1.165) is 5.56 Å². The number of amides is 2. The Bertz CT molecular complexity index is 1170. The molecule has 7 nitrogen and oxygen atoms in total. The molecule has 0 saturated carbocycles. The molecular weight excluding hydrogens is 392 g/mol. The van der Waals surface area contributed by atoms with Crippen LogP contribution in [-0.2, 0) is 6.61 Å². The van der Waals surface area contributed by atoms with Crippen LogP contribution >= 0.6 is 0 Å². The molecular formula is C24H22N4O3. The predicted octanol–water partition coefficient (Wildman–Crippen LogP) is 3.79. The largest absolute Gasteiger partial charge is 0.489 e. The number of nitriles is 1. The van der Waals surface area contributed by atoms with Crippen LogP contribution in [-0.4, -0.2) is 35.8 Å². The average Bonchev–Trinajstić information content (AvgIpc) is 2.77. The van der Waals surface area contributed by atoms with E-state index in [1.165, 1.54) is 4.90 Å². The summed E-state index contributed by atoms with van der Waals surface area (Å²) in [6.07, 6.45) is 0. The molecule has 2 amide bonds. The standard InChI is InChI=1S/C24H22N4O3/c1-16-21(10-11-22(26-16)24(30)28(2)3)23(29)27-19-8-5-9-20(13-19)31-15-18-7-4-6-17(12-18)14-25/h4-13H,15H2,1-3H3,(H,27,29). The van der Waals surface area contributed by atoms with Crippen LogP contribution in [0.15, 0.2) is 60.7 Å². The number of hydrogen-bond acceptors (Lipinski definition) is 5. The second kappa shape index (κ2) is 9.55. The van der Waals surface area contributed by atoms with Crippen molar-refractivity contribution < 1.29 is 14.3 Å². The smallest absolute Gasteiger partial charge is 0.271 e. The van der Waals surface area contributed by atoms with Gasteiger partial charge in [-0.05, 0) is 48.9 Å². The molecule has 2 aromatic carbocycles. The number of aromatic nitrogens is 1. The lowest BCUT2D eigenvalue weighted by Gasteiger charge is -2.12. The Balaban J connectivity index is 1.68. The number of pyridine rings is 1. The predicted molar refractivity (Wildman–Crippen MR) is 117 cm³/mol. The molecule has 0 spiro atoms. The van der Waals surface area contributed by atoms with E-state index in [0.29, 0.717) is 34.9 Å². The Morgan fingerprint density at radius 2 is 1.87 bits per heavy atom. The first-order chi connectivity index (χ1) is 14.9. The van der Waals surface area contributed by atoms with E-state index < -0.39 is 0 Å². The van der Waals surface area contributed by atoms with Gasteiger partial charge in [-0.2, -0.15) is 5.26 Å². The van der Waals surface area contributed by atoms with Crippen molar-refractivity contribution in [2.75, 3.05) is 19.4 Å². The zero-order valence-electron chi connectivity index (χ0n) is 17.5. The fourth-order valence-corrected chi connectivity index (χ4v) is 2.91. The summed E-state index contributed by atoms with van der Waals surface area (Å²) in [5.41, 5.74) is 3.16. The lowest BCUT2D eigenvalue weighted by Crippen LogP contribution is -2.23. The molecule has 1 heterocycles. The highest BCUT2D eigenvalue weighted by Gasteiger charge is 2.15. The van der Waals surface area contributed by atoms with Crippen molar-refractivity contribution in [3.63, 3.8) is 0 Å². The van der Waals surface area contributed by atoms with Crippen LogP contribution in [0.3, 0.4) is 0 Å². The normalized spacial score (nSPS) is 10.1. The van der Waals surface area contributed by atoms with Crippen LogP contribution in [0.5, 0.6) is 5.75 Å². The molecule has 0 atom stereocenters. The SMILES string of the molecule is Cc1nc(C(=O)N(C)C)ccc1C(=O)Nc1cccc(OCc2cccc(C#N)c2)c1. The van der Waals surface area contributed by atoms with Gasteiger partial charge in [0.25, 0.3) is 11.8 Å². The Hall–Kier alpha value is -4.18. The topological polar surface area (TPSA) is 95.3 Å². The van der Waals surface area contributed by atoms with Gasteiger partial charge in [0.1, 0.15) is 18.1 Å². The van der Waals surface area contributed by atoms with Crippen LogP contribution in [0.25, 0.3) is 0 Å². The van der Waals surface area contributed by atoms with Gasteiger partial charge in [0.05, 0.1) is 22.9 Å². The summed E-state index contributed by atoms with van der Waals surface area (Å²) in [5.74, 6) is 0.0369. The summed E-state index contributed by atoms with van der Waals surface area (Å²) in [6, 6.07) is 19.5. The molecule has 0 unspecified atom stereocenters. The highest BCUT2D eigenvalue weighted by atomic mass is 16.5. The number of ether oxygens (including phenoxy) is 1. The Labute approximate surface area is 180 Å². The van der Waals surface area contributed by atoms with Crippen LogP contribution in [0, 0.1) is 18.3 Å². The van der Waals surface area contributed by atoms with Crippen molar-refractivity contribution in [3.8, 4) is 11.8 Å². The summed E-state index contributed by atoms with van der Waals surface area (Å²) in [6.45, 7) is 1.99. The van der Waals surface area contributed by atoms with Crippen molar-refractivity contribution in [1.82, 2.24) is 9.88 Å². The molecule has 1 N–H and O–H groups in total. The van der Waals surface area contributed by atoms with E-state index in [2.05, 4.69) is 16.4 Å². The molecule has 0 saturated heterocycles. The summed E-state index contributed by atoms with van der Waals surface area (Å²) < 4.78 is 5.79. The Morgan fingerprint density at radius 3 is 2.58 bits per heavy atom. The highest BCUT2D eigenvalue weighted by molar-refractivity contribution is 6.05. The minimum atomic E-state index is -0.326. The van der Waals surface area contributed by atoms with Gasteiger partial charge in [-0.25, -0.2) is 4.98 Å². The summed E-state index contributed by atoms with van der Waals surface area (Å²) in [4.78, 5) is 30.4. The molecule has 0 aliphatic carbocycles. The van der Waals surface area contributed by atoms with Crippen molar-refractivity contribution in [1.29, 1.82) is 5.26 Å². The third-order valence-electron chi connectivity index (χ3n) is 4.51. The molecule has 0 fully saturated rings. The molecule has 0 bridgehead atoms. The first-order valence-electron chi connectivity index (χ1n) is 9.60. The molecule has 0 aliphatic heterocycles. The monoisotopic (exact) mass is 414 g/mol.